The molecule has 1 unspecified atom stereocenters. The number of benzene rings is 2. The highest BCUT2D eigenvalue weighted by molar-refractivity contribution is 7.14. The summed E-state index contributed by atoms with van der Waals surface area (Å²) in [7, 11) is 0. The number of amides is 2. The molecule has 0 aliphatic carbocycles. The molecule has 2 aromatic carbocycles. The van der Waals surface area contributed by atoms with E-state index in [4.69, 9.17) is 4.98 Å². The van der Waals surface area contributed by atoms with Gasteiger partial charge in [-0.3, -0.25) is 19.5 Å². The van der Waals surface area contributed by atoms with Crippen LogP contribution in [0.25, 0.3) is 16.7 Å². The van der Waals surface area contributed by atoms with Gasteiger partial charge in [-0.25, -0.2) is 9.37 Å². The lowest BCUT2D eigenvalue weighted by Crippen LogP contribution is -2.42. The minimum Gasteiger partial charge on any atom is -0.395 e. The van der Waals surface area contributed by atoms with Gasteiger partial charge in [-0.2, -0.15) is 0 Å². The molecule has 2 aromatic heterocycles. The van der Waals surface area contributed by atoms with E-state index in [1.807, 2.05) is 24.3 Å². The fourth-order valence-corrected chi connectivity index (χ4v) is 5.07. The maximum Gasteiger partial charge on any atom is 0.268 e. The number of anilines is 2. The summed E-state index contributed by atoms with van der Waals surface area (Å²) >= 11 is 1.09. The van der Waals surface area contributed by atoms with Crippen molar-refractivity contribution in [2.45, 2.75) is 46.5 Å². The Morgan fingerprint density at radius 3 is 2.58 bits per heavy atom. The zero-order valence-electron chi connectivity index (χ0n) is 23.0. The number of carbonyl (C=O) groups is 2. The van der Waals surface area contributed by atoms with Crippen LogP contribution in [0.2, 0.25) is 0 Å². The molecule has 10 heteroatoms. The van der Waals surface area contributed by atoms with E-state index in [-0.39, 0.29) is 29.9 Å². The number of halogens is 1. The Balaban J connectivity index is 1.73. The van der Waals surface area contributed by atoms with Crippen molar-refractivity contribution < 1.29 is 19.1 Å². The summed E-state index contributed by atoms with van der Waals surface area (Å²) in [6, 6.07) is 16.1. The van der Waals surface area contributed by atoms with E-state index >= 15 is 0 Å². The molecule has 4 aromatic rings. The third-order valence-corrected chi connectivity index (χ3v) is 7.76. The fourth-order valence-electron chi connectivity index (χ4n) is 4.23. The standard InChI is InChI=1S/C30H34FN5O3S/c1-6-27(38)33-20-8-7-9-21(15-20)36-23-11-10-19(16-32-26(17-37)30(3,4)5)14-22(23)34-29(36)35-28(39)25-13-12-24(40-25)18(2)31/h6-15,18,26,32,37H,1,16-17H2,2-5H3,(H,33,38)(H,34,35,39)/t18?,26-/m1/s1. The number of nitrogens with one attached hydrogen (secondary N) is 3. The van der Waals surface area contributed by atoms with E-state index < -0.39 is 12.1 Å². The van der Waals surface area contributed by atoms with Crippen LogP contribution in [0.5, 0.6) is 0 Å². The molecule has 0 saturated carbocycles. The molecule has 0 fully saturated rings. The number of carbonyl (C=O) groups excluding carboxylic acids is 2. The molecule has 0 radical (unpaired) electrons. The van der Waals surface area contributed by atoms with Gasteiger partial charge < -0.3 is 15.7 Å². The molecule has 0 saturated heterocycles. The topological polar surface area (TPSA) is 108 Å². The van der Waals surface area contributed by atoms with E-state index in [9.17, 15) is 19.1 Å². The van der Waals surface area contributed by atoms with Crippen LogP contribution in [0, 0.1) is 5.41 Å². The molecular formula is C30H34FN5O3S. The minimum absolute atomic E-state index is 0.0148. The van der Waals surface area contributed by atoms with E-state index in [2.05, 4.69) is 43.3 Å². The number of hydrogen-bond acceptors (Lipinski definition) is 6. The number of nitrogens with zero attached hydrogens (tertiary/aromatic N) is 2. The lowest BCUT2D eigenvalue weighted by atomic mass is 9.87. The van der Waals surface area contributed by atoms with Gasteiger partial charge in [0, 0.05) is 23.2 Å². The van der Waals surface area contributed by atoms with E-state index in [0.29, 0.717) is 33.2 Å². The Morgan fingerprint density at radius 2 is 1.93 bits per heavy atom. The number of aliphatic hydroxyl groups excluding tert-OH is 1. The summed E-state index contributed by atoms with van der Waals surface area (Å²) in [5, 5.41) is 18.9. The predicted octanol–water partition coefficient (Wildman–Crippen LogP) is 5.99. The Kier molecular flexibility index (Phi) is 8.82. The average molecular weight is 564 g/mol. The van der Waals surface area contributed by atoms with Crippen LogP contribution < -0.4 is 16.0 Å². The third kappa shape index (κ3) is 6.64. The van der Waals surface area contributed by atoms with Crippen molar-refractivity contribution in [3.63, 3.8) is 0 Å². The second-order valence-corrected chi connectivity index (χ2v) is 11.7. The van der Waals surface area contributed by atoms with Gasteiger partial charge in [0.25, 0.3) is 5.91 Å². The van der Waals surface area contributed by atoms with Crippen LogP contribution in [0.1, 0.15) is 54.0 Å². The van der Waals surface area contributed by atoms with Gasteiger partial charge in [0.2, 0.25) is 11.9 Å². The van der Waals surface area contributed by atoms with Crippen molar-refractivity contribution in [1.29, 1.82) is 0 Å². The Hall–Kier alpha value is -3.86. The van der Waals surface area contributed by atoms with Gasteiger partial charge in [-0.15, -0.1) is 11.3 Å². The second-order valence-electron chi connectivity index (χ2n) is 10.6. The van der Waals surface area contributed by atoms with Crippen LogP contribution in [0.4, 0.5) is 16.0 Å². The van der Waals surface area contributed by atoms with E-state index in [0.717, 1.165) is 22.4 Å². The molecular weight excluding hydrogens is 529 g/mol. The molecule has 0 aliphatic heterocycles. The van der Waals surface area contributed by atoms with E-state index in [1.54, 1.807) is 34.9 Å². The summed E-state index contributed by atoms with van der Waals surface area (Å²) in [6.45, 7) is 11.7. The molecule has 2 heterocycles. The zero-order valence-corrected chi connectivity index (χ0v) is 23.8. The summed E-state index contributed by atoms with van der Waals surface area (Å²) in [5.41, 5.74) is 3.46. The second kappa shape index (κ2) is 12.1. The summed E-state index contributed by atoms with van der Waals surface area (Å²) in [6.07, 6.45) is 0.0232. The number of rotatable bonds is 10. The number of fused-ring (bicyclic) bond motifs is 1. The molecule has 4 rings (SSSR count). The summed E-state index contributed by atoms with van der Waals surface area (Å²) < 4.78 is 15.6. The van der Waals surface area contributed by atoms with Gasteiger partial charge in [0.05, 0.1) is 28.2 Å². The lowest BCUT2D eigenvalue weighted by molar-refractivity contribution is -0.111. The number of aliphatic hydroxyl groups is 1. The molecule has 0 spiro atoms. The number of alkyl halides is 1. The lowest BCUT2D eigenvalue weighted by Gasteiger charge is -2.30. The van der Waals surface area contributed by atoms with Crippen molar-refractivity contribution >= 4 is 45.8 Å². The first-order chi connectivity index (χ1) is 19.0. The minimum atomic E-state index is -1.17. The smallest absolute Gasteiger partial charge is 0.268 e. The molecule has 8 nitrogen and oxygen atoms in total. The average Bonchev–Trinajstić information content (AvgIpc) is 3.53. The Labute approximate surface area is 236 Å². The highest BCUT2D eigenvalue weighted by atomic mass is 32.1. The van der Waals surface area contributed by atoms with E-state index in [1.165, 1.54) is 13.0 Å². The highest BCUT2D eigenvalue weighted by Crippen LogP contribution is 2.30. The molecule has 40 heavy (non-hydrogen) atoms. The zero-order chi connectivity index (χ0) is 29.0. The van der Waals surface area contributed by atoms with Crippen molar-refractivity contribution in [1.82, 2.24) is 14.9 Å². The fraction of sp³-hybridized carbons (Fsp3) is 0.300. The van der Waals surface area contributed by atoms with Gasteiger partial charge in [-0.05, 0) is 66.4 Å². The first-order valence-electron chi connectivity index (χ1n) is 12.9. The first kappa shape index (κ1) is 29.1. The van der Waals surface area contributed by atoms with Crippen LogP contribution >= 0.6 is 11.3 Å². The highest BCUT2D eigenvalue weighted by Gasteiger charge is 2.23. The first-order valence-corrected chi connectivity index (χ1v) is 13.8. The van der Waals surface area contributed by atoms with Crippen molar-refractivity contribution in [2.24, 2.45) is 5.41 Å². The number of thiophene rings is 1. The van der Waals surface area contributed by atoms with Gasteiger partial charge >= 0.3 is 0 Å². The third-order valence-electron chi connectivity index (χ3n) is 6.52. The van der Waals surface area contributed by atoms with Crippen LogP contribution in [0.15, 0.2) is 67.3 Å². The monoisotopic (exact) mass is 563 g/mol. The molecule has 2 atom stereocenters. The Morgan fingerprint density at radius 1 is 1.15 bits per heavy atom. The van der Waals surface area contributed by atoms with Crippen molar-refractivity contribution in [2.75, 3.05) is 17.2 Å². The molecule has 2 amide bonds. The maximum absolute atomic E-state index is 13.8. The van der Waals surface area contributed by atoms with Gasteiger partial charge in [0.1, 0.15) is 6.17 Å². The largest absolute Gasteiger partial charge is 0.395 e. The van der Waals surface area contributed by atoms with Crippen LogP contribution in [0.3, 0.4) is 0 Å². The quantitative estimate of drug-likeness (QED) is 0.177. The van der Waals surface area contributed by atoms with Crippen molar-refractivity contribution in [3.05, 3.63) is 82.6 Å². The molecule has 210 valence electrons. The van der Waals surface area contributed by atoms with Crippen LogP contribution in [-0.2, 0) is 11.3 Å². The maximum atomic E-state index is 13.8. The van der Waals surface area contributed by atoms with Gasteiger partial charge in [0.15, 0.2) is 0 Å². The number of imidazole rings is 1. The molecule has 0 bridgehead atoms. The number of aromatic nitrogens is 2. The summed E-state index contributed by atoms with van der Waals surface area (Å²) in [5.74, 6) is -0.462. The molecule has 0 aliphatic rings. The normalized spacial score (nSPS) is 13.2. The SMILES string of the molecule is C=CC(=O)Nc1cccc(-n2c(NC(=O)c3ccc(C(C)F)s3)nc3cc(CN[C@H](CO)C(C)(C)C)ccc32)c1. The molecule has 4 N–H and O–H groups in total. The van der Waals surface area contributed by atoms with Crippen molar-refractivity contribution in [3.8, 4) is 5.69 Å². The Bertz CT molecular complexity index is 1540. The predicted molar refractivity (Wildman–Crippen MR) is 159 cm³/mol. The number of hydrogen-bond donors (Lipinski definition) is 4. The van der Waals surface area contributed by atoms with Crippen LogP contribution in [-0.4, -0.2) is 39.1 Å². The summed E-state index contributed by atoms with van der Waals surface area (Å²) in [4.78, 5) is 30.6. The van der Waals surface area contributed by atoms with Gasteiger partial charge in [-0.1, -0.05) is 39.5 Å².